The lowest BCUT2D eigenvalue weighted by Crippen LogP contribution is -2.09. The van der Waals surface area contributed by atoms with Gasteiger partial charge in [-0.25, -0.2) is 0 Å². The lowest BCUT2D eigenvalue weighted by molar-refractivity contribution is 0.0974. The molecule has 0 amide bonds. The first-order valence-electron chi connectivity index (χ1n) is 5.31. The maximum Gasteiger partial charge on any atom is 0.400 e. The molecule has 82 valence electrons. The Morgan fingerprint density at radius 2 is 1.47 bits per heavy atom. The summed E-state index contributed by atoms with van der Waals surface area (Å²) >= 11 is 0. The van der Waals surface area contributed by atoms with Crippen molar-refractivity contribution in [1.29, 1.82) is 5.39 Å². The number of hydrogen-bond donors (Lipinski definition) is 0. The Hall–Kier alpha value is -2.47. The standard InChI is InChI=1S/C14H11N2O/c15-16-13(11-7-3-1-4-8-11)14(17)12-9-5-2-6-10-12/h1-10,13H/q+1/t13-/m1/s1. The topological polar surface area (TPSA) is 45.2 Å². The Labute approximate surface area is 99.3 Å². The molecular formula is C14H11N2O+. The molecular weight excluding hydrogens is 212 g/mol. The zero-order valence-electron chi connectivity index (χ0n) is 9.15. The Morgan fingerprint density at radius 1 is 0.941 bits per heavy atom. The van der Waals surface area contributed by atoms with E-state index in [-0.39, 0.29) is 5.78 Å². The van der Waals surface area contributed by atoms with Crippen LogP contribution in [0.4, 0.5) is 0 Å². The number of diazo groups is 1. The van der Waals surface area contributed by atoms with E-state index in [4.69, 9.17) is 5.39 Å². The number of rotatable bonds is 3. The van der Waals surface area contributed by atoms with Crippen LogP contribution in [0.3, 0.4) is 0 Å². The molecule has 1 atom stereocenters. The zero-order valence-corrected chi connectivity index (χ0v) is 9.15. The largest absolute Gasteiger partial charge is 0.400 e. The predicted molar refractivity (Wildman–Crippen MR) is 65.0 cm³/mol. The van der Waals surface area contributed by atoms with Gasteiger partial charge >= 0.3 is 6.04 Å². The molecule has 2 aromatic rings. The van der Waals surface area contributed by atoms with Gasteiger partial charge in [0.1, 0.15) is 4.98 Å². The van der Waals surface area contributed by atoms with E-state index in [0.29, 0.717) is 11.1 Å². The van der Waals surface area contributed by atoms with Gasteiger partial charge in [0.2, 0.25) is 5.39 Å². The molecule has 0 aliphatic carbocycles. The molecule has 0 heterocycles. The summed E-state index contributed by atoms with van der Waals surface area (Å²) in [5.41, 5.74) is 1.23. The van der Waals surface area contributed by atoms with Gasteiger partial charge in [-0.05, 0) is 0 Å². The van der Waals surface area contributed by atoms with Crippen molar-refractivity contribution in [2.24, 2.45) is 0 Å². The average Bonchev–Trinajstić information content (AvgIpc) is 2.42. The summed E-state index contributed by atoms with van der Waals surface area (Å²) in [4.78, 5) is 15.3. The predicted octanol–water partition coefficient (Wildman–Crippen LogP) is 3.46. The maximum absolute atomic E-state index is 12.1. The molecule has 17 heavy (non-hydrogen) atoms. The molecule has 3 heteroatoms. The van der Waals surface area contributed by atoms with E-state index in [2.05, 4.69) is 4.98 Å². The minimum atomic E-state index is -0.849. The molecule has 0 unspecified atom stereocenters. The van der Waals surface area contributed by atoms with Crippen LogP contribution in [0.2, 0.25) is 0 Å². The summed E-state index contributed by atoms with van der Waals surface area (Å²) < 4.78 is 0. The number of hydrogen-bond acceptors (Lipinski definition) is 2. The molecule has 0 radical (unpaired) electrons. The van der Waals surface area contributed by atoms with Crippen LogP contribution in [0.15, 0.2) is 60.7 Å². The SMILES string of the molecule is N#[N+][C@@H](C(=O)c1ccccc1)c1ccccc1. The highest BCUT2D eigenvalue weighted by Gasteiger charge is 2.32. The van der Waals surface area contributed by atoms with E-state index in [0.717, 1.165) is 0 Å². The molecule has 0 saturated heterocycles. The van der Waals surface area contributed by atoms with Gasteiger partial charge in [0.25, 0.3) is 5.78 Å². The molecule has 3 nitrogen and oxygen atoms in total. The average molecular weight is 223 g/mol. The van der Waals surface area contributed by atoms with Crippen molar-refractivity contribution < 1.29 is 4.79 Å². The second-order valence-electron chi connectivity index (χ2n) is 3.66. The van der Waals surface area contributed by atoms with Gasteiger partial charge in [-0.3, -0.25) is 4.79 Å². The molecule has 0 saturated carbocycles. The number of benzene rings is 2. The highest BCUT2D eigenvalue weighted by Crippen LogP contribution is 2.21. The lowest BCUT2D eigenvalue weighted by atomic mass is 9.98. The molecule has 0 bridgehead atoms. The quantitative estimate of drug-likeness (QED) is 0.590. The van der Waals surface area contributed by atoms with Crippen molar-refractivity contribution in [3.8, 4) is 0 Å². The first kappa shape index (κ1) is 11.0. The monoisotopic (exact) mass is 223 g/mol. The summed E-state index contributed by atoms with van der Waals surface area (Å²) in [6.45, 7) is 0. The molecule has 0 spiro atoms. The number of carbonyl (C=O) groups is 1. The van der Waals surface area contributed by atoms with Gasteiger partial charge in [0.05, 0.1) is 5.56 Å². The smallest absolute Gasteiger partial charge is 0.285 e. The van der Waals surface area contributed by atoms with E-state index in [9.17, 15) is 4.79 Å². The third kappa shape index (κ3) is 2.37. The zero-order chi connectivity index (χ0) is 12.1. The summed E-state index contributed by atoms with van der Waals surface area (Å²) in [5.74, 6) is -0.209. The van der Waals surface area contributed by atoms with Crippen LogP contribution in [-0.4, -0.2) is 5.78 Å². The van der Waals surface area contributed by atoms with Crippen LogP contribution < -0.4 is 0 Å². The van der Waals surface area contributed by atoms with E-state index in [1.54, 1.807) is 36.4 Å². The summed E-state index contributed by atoms with van der Waals surface area (Å²) in [6.07, 6.45) is 0. The highest BCUT2D eigenvalue weighted by atomic mass is 16.1. The molecule has 0 aromatic heterocycles. The van der Waals surface area contributed by atoms with Crippen LogP contribution >= 0.6 is 0 Å². The molecule has 2 aromatic carbocycles. The molecule has 0 N–H and O–H groups in total. The lowest BCUT2D eigenvalue weighted by Gasteiger charge is -1.99. The Balaban J connectivity index is 2.33. The number of Topliss-reactive ketones (excluding diaryl/α,β-unsaturated/α-hetero) is 1. The summed E-state index contributed by atoms with van der Waals surface area (Å²) in [5, 5.41) is 9.02. The van der Waals surface area contributed by atoms with Gasteiger partial charge < -0.3 is 0 Å². The first-order chi connectivity index (χ1) is 8.33. The number of carbonyl (C=O) groups excluding carboxylic acids is 1. The Morgan fingerprint density at radius 3 is 2.00 bits per heavy atom. The number of ketones is 1. The third-order valence-electron chi connectivity index (χ3n) is 2.54. The molecule has 0 aliphatic rings. The number of nitrogens with zero attached hydrogens (tertiary/aromatic N) is 2. The van der Waals surface area contributed by atoms with Crippen LogP contribution in [0.1, 0.15) is 22.0 Å². The van der Waals surface area contributed by atoms with E-state index in [1.165, 1.54) is 0 Å². The van der Waals surface area contributed by atoms with Gasteiger partial charge in [0, 0.05) is 5.56 Å². The van der Waals surface area contributed by atoms with Crippen LogP contribution in [0.5, 0.6) is 0 Å². The summed E-state index contributed by atoms with van der Waals surface area (Å²) in [6, 6.07) is 17.0. The van der Waals surface area contributed by atoms with Gasteiger partial charge in [-0.15, -0.1) is 0 Å². The van der Waals surface area contributed by atoms with Crippen LogP contribution in [0.25, 0.3) is 4.98 Å². The van der Waals surface area contributed by atoms with Gasteiger partial charge in [0.15, 0.2) is 0 Å². The third-order valence-corrected chi connectivity index (χ3v) is 2.54. The van der Waals surface area contributed by atoms with E-state index < -0.39 is 6.04 Å². The fourth-order valence-electron chi connectivity index (χ4n) is 1.67. The van der Waals surface area contributed by atoms with E-state index in [1.807, 2.05) is 24.3 Å². The van der Waals surface area contributed by atoms with Crippen molar-refractivity contribution in [2.45, 2.75) is 6.04 Å². The molecule has 0 fully saturated rings. The fourth-order valence-corrected chi connectivity index (χ4v) is 1.67. The Kier molecular flexibility index (Phi) is 3.27. The van der Waals surface area contributed by atoms with E-state index >= 15 is 0 Å². The molecule has 2 rings (SSSR count). The molecule has 0 aliphatic heterocycles. The van der Waals surface area contributed by atoms with Crippen LogP contribution in [-0.2, 0) is 0 Å². The minimum Gasteiger partial charge on any atom is -0.285 e. The minimum absolute atomic E-state index is 0.209. The second kappa shape index (κ2) is 5.04. The summed E-state index contributed by atoms with van der Waals surface area (Å²) in [7, 11) is 0. The van der Waals surface area contributed by atoms with Gasteiger partial charge in [-0.2, -0.15) is 0 Å². The highest BCUT2D eigenvalue weighted by molar-refractivity contribution is 6.01. The normalized spacial score (nSPS) is 11.5. The second-order valence-corrected chi connectivity index (χ2v) is 3.66. The van der Waals surface area contributed by atoms with Crippen molar-refractivity contribution in [3.63, 3.8) is 0 Å². The van der Waals surface area contributed by atoms with Crippen LogP contribution in [0, 0.1) is 5.39 Å². The van der Waals surface area contributed by atoms with Crippen molar-refractivity contribution in [1.82, 2.24) is 0 Å². The van der Waals surface area contributed by atoms with Crippen molar-refractivity contribution in [2.75, 3.05) is 0 Å². The Bertz CT molecular complexity index is 543. The fraction of sp³-hybridized carbons (Fsp3) is 0.0714. The maximum atomic E-state index is 12.1. The first-order valence-corrected chi connectivity index (χ1v) is 5.31. The van der Waals surface area contributed by atoms with Crippen molar-refractivity contribution in [3.05, 3.63) is 76.8 Å². The van der Waals surface area contributed by atoms with Crippen molar-refractivity contribution >= 4 is 5.78 Å². The van der Waals surface area contributed by atoms with Gasteiger partial charge in [-0.1, -0.05) is 60.7 Å².